The van der Waals surface area contributed by atoms with Crippen LogP contribution in [0.2, 0.25) is 0 Å². The molecule has 1 N–H and O–H groups in total. The first-order valence-corrected chi connectivity index (χ1v) is 4.59. The van der Waals surface area contributed by atoms with Crippen molar-refractivity contribution in [2.75, 3.05) is 0 Å². The van der Waals surface area contributed by atoms with Crippen LogP contribution in [0.25, 0.3) is 0 Å². The van der Waals surface area contributed by atoms with E-state index in [4.69, 9.17) is 5.11 Å². The van der Waals surface area contributed by atoms with E-state index in [1.165, 1.54) is 0 Å². The number of aryl methyl sites for hydroxylation is 1. The average molecular weight is 243 g/mol. The molecule has 0 aliphatic carbocycles. The van der Waals surface area contributed by atoms with Crippen LogP contribution < -0.4 is 11.2 Å². The van der Waals surface area contributed by atoms with Crippen molar-refractivity contribution in [3.8, 4) is 0 Å². The van der Waals surface area contributed by atoms with Crippen molar-refractivity contribution in [3.05, 3.63) is 37.1 Å². The van der Waals surface area contributed by atoms with Gasteiger partial charge < -0.3 is 5.11 Å². The Balaban J connectivity index is 3.61. The van der Waals surface area contributed by atoms with E-state index in [9.17, 15) is 24.5 Å². The van der Waals surface area contributed by atoms with Gasteiger partial charge in [-0.1, -0.05) is 0 Å². The van der Waals surface area contributed by atoms with Gasteiger partial charge in [0.2, 0.25) is 0 Å². The Labute approximate surface area is 93.7 Å². The Kier molecular flexibility index (Phi) is 3.41. The highest BCUT2D eigenvalue weighted by Crippen LogP contribution is 2.00. The molecule has 0 unspecified atom stereocenters. The van der Waals surface area contributed by atoms with Gasteiger partial charge in [0, 0.05) is 6.54 Å². The molecule has 0 spiro atoms. The summed E-state index contributed by atoms with van der Waals surface area (Å²) in [6, 6.07) is 0. The summed E-state index contributed by atoms with van der Waals surface area (Å²) in [6.45, 7) is 0.736. The highest BCUT2D eigenvalue weighted by atomic mass is 16.6. The standard InChI is InChI=1S/C8H9N3O6/c1-2-9-3-5(11(16)17)7(14)10(8(9)15)4-6(12)13/h3H,2,4H2,1H3,(H,12,13). The summed E-state index contributed by atoms with van der Waals surface area (Å²) in [5.41, 5.74) is -2.93. The molecule has 1 aromatic heterocycles. The van der Waals surface area contributed by atoms with Gasteiger partial charge in [0.15, 0.2) is 0 Å². The minimum absolute atomic E-state index is 0.0968. The Morgan fingerprint density at radius 1 is 1.53 bits per heavy atom. The largest absolute Gasteiger partial charge is 0.480 e. The molecule has 0 saturated carbocycles. The molecular weight excluding hydrogens is 234 g/mol. The zero-order valence-electron chi connectivity index (χ0n) is 8.82. The number of aromatic nitrogens is 2. The minimum Gasteiger partial charge on any atom is -0.480 e. The molecule has 0 aliphatic rings. The molecule has 0 saturated heterocycles. The number of rotatable bonds is 4. The molecule has 0 fully saturated rings. The third-order valence-electron chi connectivity index (χ3n) is 2.05. The normalized spacial score (nSPS) is 10.2. The number of hydrogen-bond acceptors (Lipinski definition) is 5. The fourth-order valence-electron chi connectivity index (χ4n) is 1.26. The van der Waals surface area contributed by atoms with Crippen LogP contribution in [-0.2, 0) is 17.9 Å². The second kappa shape index (κ2) is 4.60. The van der Waals surface area contributed by atoms with Gasteiger partial charge in [-0.2, -0.15) is 0 Å². The molecule has 0 bridgehead atoms. The molecule has 9 heteroatoms. The summed E-state index contributed by atoms with van der Waals surface area (Å²) < 4.78 is 1.23. The van der Waals surface area contributed by atoms with Gasteiger partial charge in [-0.3, -0.25) is 24.3 Å². The number of hydrogen-bond donors (Lipinski definition) is 1. The van der Waals surface area contributed by atoms with E-state index in [1.54, 1.807) is 6.92 Å². The number of carboxylic acid groups (broad SMARTS) is 1. The number of aliphatic carboxylic acids is 1. The van der Waals surface area contributed by atoms with Gasteiger partial charge in [-0.25, -0.2) is 9.36 Å². The minimum atomic E-state index is -1.42. The first-order chi connectivity index (χ1) is 7.88. The maximum atomic E-state index is 11.6. The molecule has 1 aromatic rings. The molecule has 1 rings (SSSR count). The van der Waals surface area contributed by atoms with Crippen molar-refractivity contribution < 1.29 is 14.8 Å². The highest BCUT2D eigenvalue weighted by molar-refractivity contribution is 5.66. The average Bonchev–Trinajstić information content (AvgIpc) is 2.23. The van der Waals surface area contributed by atoms with Crippen molar-refractivity contribution >= 4 is 11.7 Å². The Morgan fingerprint density at radius 2 is 2.12 bits per heavy atom. The second-order valence-electron chi connectivity index (χ2n) is 3.13. The van der Waals surface area contributed by atoms with Crippen LogP contribution >= 0.6 is 0 Å². The first kappa shape index (κ1) is 12.6. The van der Waals surface area contributed by atoms with Crippen molar-refractivity contribution in [3.63, 3.8) is 0 Å². The lowest BCUT2D eigenvalue weighted by atomic mass is 10.5. The zero-order chi connectivity index (χ0) is 13.2. The lowest BCUT2D eigenvalue weighted by Gasteiger charge is -2.05. The van der Waals surface area contributed by atoms with Gasteiger partial charge in [-0.15, -0.1) is 0 Å². The van der Waals surface area contributed by atoms with E-state index in [2.05, 4.69) is 0 Å². The van der Waals surface area contributed by atoms with Crippen LogP contribution in [0.15, 0.2) is 15.8 Å². The molecule has 9 nitrogen and oxygen atoms in total. The summed E-state index contributed by atoms with van der Waals surface area (Å²) >= 11 is 0. The Morgan fingerprint density at radius 3 is 2.53 bits per heavy atom. The van der Waals surface area contributed by atoms with Gasteiger partial charge in [0.1, 0.15) is 6.54 Å². The summed E-state index contributed by atoms with van der Waals surface area (Å²) in [5, 5.41) is 19.1. The maximum absolute atomic E-state index is 11.6. The fraction of sp³-hybridized carbons (Fsp3) is 0.375. The smallest absolute Gasteiger partial charge is 0.350 e. The van der Waals surface area contributed by atoms with Crippen LogP contribution in [0.3, 0.4) is 0 Å². The fourth-order valence-corrected chi connectivity index (χ4v) is 1.26. The number of nitrogens with zero attached hydrogens (tertiary/aromatic N) is 3. The summed E-state index contributed by atoms with van der Waals surface area (Å²) in [7, 11) is 0. The predicted molar refractivity (Wildman–Crippen MR) is 54.9 cm³/mol. The lowest BCUT2D eigenvalue weighted by Crippen LogP contribution is -2.41. The van der Waals surface area contributed by atoms with E-state index in [0.29, 0.717) is 4.57 Å². The van der Waals surface area contributed by atoms with E-state index in [0.717, 1.165) is 10.8 Å². The molecule has 0 amide bonds. The van der Waals surface area contributed by atoms with Crippen LogP contribution in [0.5, 0.6) is 0 Å². The van der Waals surface area contributed by atoms with Crippen LogP contribution in [0.4, 0.5) is 5.69 Å². The Hall–Kier alpha value is -2.45. The first-order valence-electron chi connectivity index (χ1n) is 4.59. The molecule has 92 valence electrons. The highest BCUT2D eigenvalue weighted by Gasteiger charge is 2.20. The lowest BCUT2D eigenvalue weighted by molar-refractivity contribution is -0.387. The van der Waals surface area contributed by atoms with Gasteiger partial charge in [0.25, 0.3) is 0 Å². The summed E-state index contributed by atoms with van der Waals surface area (Å²) in [6.07, 6.45) is 0.809. The van der Waals surface area contributed by atoms with Gasteiger partial charge >= 0.3 is 22.9 Å². The van der Waals surface area contributed by atoms with Crippen molar-refractivity contribution in [2.45, 2.75) is 20.0 Å². The van der Waals surface area contributed by atoms with Crippen molar-refractivity contribution in [1.82, 2.24) is 9.13 Å². The van der Waals surface area contributed by atoms with E-state index >= 15 is 0 Å². The van der Waals surface area contributed by atoms with Crippen molar-refractivity contribution in [1.29, 1.82) is 0 Å². The monoisotopic (exact) mass is 243 g/mol. The third kappa shape index (κ3) is 2.38. The van der Waals surface area contributed by atoms with Crippen LogP contribution in [0.1, 0.15) is 6.92 Å². The van der Waals surface area contributed by atoms with Crippen molar-refractivity contribution in [2.24, 2.45) is 0 Å². The molecule has 0 atom stereocenters. The summed E-state index contributed by atoms with van der Waals surface area (Å²) in [5.74, 6) is -1.42. The number of nitro groups is 1. The van der Waals surface area contributed by atoms with Gasteiger partial charge in [-0.05, 0) is 6.92 Å². The zero-order valence-corrected chi connectivity index (χ0v) is 8.82. The molecule has 1 heterocycles. The van der Waals surface area contributed by atoms with Crippen LogP contribution in [-0.4, -0.2) is 25.1 Å². The molecule has 0 aliphatic heterocycles. The SMILES string of the molecule is CCn1cc([N+](=O)[O-])c(=O)n(CC(=O)O)c1=O. The molecular formula is C8H9N3O6. The predicted octanol–water partition coefficient (Wildman–Crippen LogP) is -0.977. The number of carbonyl (C=O) groups is 1. The maximum Gasteiger partial charge on any atom is 0.350 e. The van der Waals surface area contributed by atoms with E-state index in [1.807, 2.05) is 0 Å². The van der Waals surface area contributed by atoms with E-state index in [-0.39, 0.29) is 6.54 Å². The van der Waals surface area contributed by atoms with Gasteiger partial charge in [0.05, 0.1) is 11.1 Å². The Bertz CT molecular complexity index is 584. The molecule has 0 aromatic carbocycles. The summed E-state index contributed by atoms with van der Waals surface area (Å²) in [4.78, 5) is 43.1. The van der Waals surface area contributed by atoms with Crippen LogP contribution in [0, 0.1) is 10.1 Å². The molecule has 0 radical (unpaired) electrons. The molecule has 17 heavy (non-hydrogen) atoms. The van der Waals surface area contributed by atoms with E-state index < -0.39 is 34.4 Å². The number of carboxylic acids is 1. The third-order valence-corrected chi connectivity index (χ3v) is 2.05. The topological polar surface area (TPSA) is 124 Å². The second-order valence-corrected chi connectivity index (χ2v) is 3.13. The quantitative estimate of drug-likeness (QED) is 0.535.